The molecule has 0 bridgehead atoms. The molecule has 0 amide bonds. The zero-order chi connectivity index (χ0) is 18.4. The Morgan fingerprint density at radius 3 is 2.72 bits per heavy atom. The molecule has 132 valence electrons. The molecule has 5 nitrogen and oxygen atoms in total. The Hall–Kier alpha value is -2.56. The number of cyclic esters (lactones) is 1. The fourth-order valence-electron chi connectivity index (χ4n) is 3.61. The van der Waals surface area contributed by atoms with Gasteiger partial charge < -0.3 is 14.3 Å². The summed E-state index contributed by atoms with van der Waals surface area (Å²) < 4.78 is 10.8. The van der Waals surface area contributed by atoms with Crippen LogP contribution < -0.4 is 5.63 Å². The molecule has 1 aliphatic heterocycles. The van der Waals surface area contributed by atoms with Crippen LogP contribution in [0.1, 0.15) is 37.8 Å². The third-order valence-electron chi connectivity index (χ3n) is 5.09. The van der Waals surface area contributed by atoms with Crippen LogP contribution in [0.2, 0.25) is 0 Å². The Labute approximate surface area is 145 Å². The van der Waals surface area contributed by atoms with E-state index in [2.05, 4.69) is 6.58 Å². The summed E-state index contributed by atoms with van der Waals surface area (Å²) in [5.74, 6) is -0.492. The van der Waals surface area contributed by atoms with E-state index in [4.69, 9.17) is 9.15 Å². The average Bonchev–Trinajstić information content (AvgIpc) is 2.84. The van der Waals surface area contributed by atoms with Crippen molar-refractivity contribution in [3.63, 3.8) is 0 Å². The number of benzene rings is 1. The van der Waals surface area contributed by atoms with E-state index in [0.717, 1.165) is 5.56 Å². The molecular weight excluding hydrogens is 320 g/mol. The van der Waals surface area contributed by atoms with Crippen LogP contribution in [0.5, 0.6) is 5.75 Å². The molecule has 0 unspecified atom stereocenters. The first-order valence-electron chi connectivity index (χ1n) is 8.37. The molecule has 25 heavy (non-hydrogen) atoms. The van der Waals surface area contributed by atoms with E-state index in [0.29, 0.717) is 23.8 Å². The molecule has 1 fully saturated rings. The van der Waals surface area contributed by atoms with Gasteiger partial charge in [0.25, 0.3) is 0 Å². The number of aryl methyl sites for hydroxylation is 1. The van der Waals surface area contributed by atoms with Gasteiger partial charge in [0.05, 0.1) is 16.9 Å². The summed E-state index contributed by atoms with van der Waals surface area (Å²) >= 11 is 0. The van der Waals surface area contributed by atoms with E-state index in [1.165, 1.54) is 0 Å². The molecule has 1 aliphatic rings. The first-order valence-corrected chi connectivity index (χ1v) is 8.37. The van der Waals surface area contributed by atoms with E-state index >= 15 is 0 Å². The number of rotatable bonds is 4. The lowest BCUT2D eigenvalue weighted by Crippen LogP contribution is -2.31. The zero-order valence-corrected chi connectivity index (χ0v) is 14.7. The maximum atomic E-state index is 12.6. The SMILES string of the molecule is C=C[C@@](C)(C[C@@H]1C[C@H](C)C(=O)O1)c1c(O)c2c(C)cccc2oc1=O. The Kier molecular flexibility index (Phi) is 4.19. The Bertz CT molecular complexity index is 910. The van der Waals surface area contributed by atoms with Crippen LogP contribution in [-0.4, -0.2) is 17.2 Å². The largest absolute Gasteiger partial charge is 0.507 e. The van der Waals surface area contributed by atoms with Crippen molar-refractivity contribution in [2.45, 2.75) is 45.1 Å². The number of hydrogen-bond donors (Lipinski definition) is 1. The Morgan fingerprint density at radius 2 is 2.12 bits per heavy atom. The van der Waals surface area contributed by atoms with Crippen LogP contribution >= 0.6 is 0 Å². The van der Waals surface area contributed by atoms with Crippen molar-refractivity contribution in [1.29, 1.82) is 0 Å². The molecule has 2 aromatic rings. The molecule has 1 saturated heterocycles. The van der Waals surface area contributed by atoms with Crippen LogP contribution in [0.25, 0.3) is 11.0 Å². The second-order valence-corrected chi connectivity index (χ2v) is 7.08. The van der Waals surface area contributed by atoms with Crippen molar-refractivity contribution in [3.05, 3.63) is 52.4 Å². The van der Waals surface area contributed by atoms with E-state index in [1.807, 2.05) is 19.9 Å². The minimum Gasteiger partial charge on any atom is -0.507 e. The molecule has 1 aromatic carbocycles. The molecule has 0 spiro atoms. The number of fused-ring (bicyclic) bond motifs is 1. The van der Waals surface area contributed by atoms with Crippen LogP contribution in [0.3, 0.4) is 0 Å². The summed E-state index contributed by atoms with van der Waals surface area (Å²) in [5, 5.41) is 11.4. The molecule has 0 saturated carbocycles. The lowest BCUT2D eigenvalue weighted by molar-refractivity contribution is -0.144. The first-order chi connectivity index (χ1) is 11.8. The summed E-state index contributed by atoms with van der Waals surface area (Å²) in [5.41, 5.74) is -0.169. The summed E-state index contributed by atoms with van der Waals surface area (Å²) in [7, 11) is 0. The van der Waals surface area contributed by atoms with Gasteiger partial charge in [0.1, 0.15) is 17.4 Å². The predicted octanol–water partition coefficient (Wildman–Crippen LogP) is 3.59. The van der Waals surface area contributed by atoms with E-state index < -0.39 is 11.0 Å². The third kappa shape index (κ3) is 2.84. The fourth-order valence-corrected chi connectivity index (χ4v) is 3.61. The minimum absolute atomic E-state index is 0.0934. The Morgan fingerprint density at radius 1 is 1.40 bits per heavy atom. The van der Waals surface area contributed by atoms with Gasteiger partial charge in [0.2, 0.25) is 0 Å². The van der Waals surface area contributed by atoms with Gasteiger partial charge in [-0.1, -0.05) is 32.1 Å². The summed E-state index contributed by atoms with van der Waals surface area (Å²) in [6, 6.07) is 5.27. The van der Waals surface area contributed by atoms with Gasteiger partial charge >= 0.3 is 11.6 Å². The molecule has 2 heterocycles. The van der Waals surface area contributed by atoms with Gasteiger partial charge in [-0.05, 0) is 31.4 Å². The normalized spacial score (nSPS) is 22.6. The lowest BCUT2D eigenvalue weighted by Gasteiger charge is -2.28. The highest BCUT2D eigenvalue weighted by atomic mass is 16.5. The molecule has 3 atom stereocenters. The van der Waals surface area contributed by atoms with E-state index in [1.54, 1.807) is 25.1 Å². The van der Waals surface area contributed by atoms with Gasteiger partial charge in [-0.25, -0.2) is 4.79 Å². The quantitative estimate of drug-likeness (QED) is 0.522. The number of carbonyl (C=O) groups is 1. The number of hydrogen-bond acceptors (Lipinski definition) is 5. The average molecular weight is 342 g/mol. The monoisotopic (exact) mass is 342 g/mol. The van der Waals surface area contributed by atoms with Crippen molar-refractivity contribution in [3.8, 4) is 5.75 Å². The molecule has 1 N–H and O–H groups in total. The van der Waals surface area contributed by atoms with Crippen molar-refractivity contribution in [2.75, 3.05) is 0 Å². The van der Waals surface area contributed by atoms with E-state index in [-0.39, 0.29) is 29.3 Å². The number of ether oxygens (including phenoxy) is 1. The molecule has 0 radical (unpaired) electrons. The van der Waals surface area contributed by atoms with Crippen LogP contribution in [0.15, 0.2) is 40.1 Å². The van der Waals surface area contributed by atoms with Gasteiger partial charge in [-0.2, -0.15) is 0 Å². The second kappa shape index (κ2) is 6.06. The second-order valence-electron chi connectivity index (χ2n) is 7.08. The van der Waals surface area contributed by atoms with Gasteiger partial charge in [0.15, 0.2) is 0 Å². The van der Waals surface area contributed by atoms with Gasteiger partial charge in [-0.15, -0.1) is 6.58 Å². The molecule has 5 heteroatoms. The fraction of sp³-hybridized carbons (Fsp3) is 0.400. The highest BCUT2D eigenvalue weighted by molar-refractivity contribution is 5.87. The van der Waals surface area contributed by atoms with Gasteiger partial charge in [-0.3, -0.25) is 4.79 Å². The highest BCUT2D eigenvalue weighted by Gasteiger charge is 2.39. The maximum Gasteiger partial charge on any atom is 0.344 e. The predicted molar refractivity (Wildman–Crippen MR) is 94.7 cm³/mol. The third-order valence-corrected chi connectivity index (χ3v) is 5.09. The molecule has 3 rings (SSSR count). The van der Waals surface area contributed by atoms with Crippen molar-refractivity contribution >= 4 is 16.9 Å². The number of esters is 1. The van der Waals surface area contributed by atoms with Crippen LogP contribution in [0.4, 0.5) is 0 Å². The molecule has 0 aliphatic carbocycles. The molecule has 1 aromatic heterocycles. The summed E-state index contributed by atoms with van der Waals surface area (Å²) in [6.07, 6.45) is 2.24. The smallest absolute Gasteiger partial charge is 0.344 e. The Balaban J connectivity index is 2.12. The van der Waals surface area contributed by atoms with E-state index in [9.17, 15) is 14.7 Å². The first kappa shape index (κ1) is 17.3. The zero-order valence-electron chi connectivity index (χ0n) is 14.7. The number of carbonyl (C=O) groups excluding carboxylic acids is 1. The van der Waals surface area contributed by atoms with Crippen molar-refractivity contribution in [2.24, 2.45) is 5.92 Å². The van der Waals surface area contributed by atoms with Crippen molar-refractivity contribution in [1.82, 2.24) is 0 Å². The molecular formula is C20H22O5. The van der Waals surface area contributed by atoms with Crippen LogP contribution in [-0.2, 0) is 14.9 Å². The topological polar surface area (TPSA) is 76.7 Å². The van der Waals surface area contributed by atoms with Crippen molar-refractivity contribution < 1.29 is 19.1 Å². The highest BCUT2D eigenvalue weighted by Crippen LogP contribution is 2.40. The standard InChI is InChI=1S/C20H22O5/c1-5-20(4,10-13-9-12(3)18(22)24-13)16-17(21)15-11(2)7-6-8-14(15)25-19(16)23/h5-8,12-13,21H,1,9-10H2,2-4H3/t12-,13-,20-/m0/s1. The van der Waals surface area contributed by atoms with Gasteiger partial charge in [0, 0.05) is 5.41 Å². The number of aromatic hydroxyl groups is 1. The number of allylic oxidation sites excluding steroid dienone is 1. The van der Waals surface area contributed by atoms with Crippen LogP contribution in [0, 0.1) is 12.8 Å². The maximum absolute atomic E-state index is 12.6. The minimum atomic E-state index is -0.879. The summed E-state index contributed by atoms with van der Waals surface area (Å²) in [6.45, 7) is 9.30. The summed E-state index contributed by atoms with van der Waals surface area (Å²) in [4.78, 5) is 24.3. The lowest BCUT2D eigenvalue weighted by atomic mass is 9.77.